The molecule has 0 atom stereocenters. The quantitative estimate of drug-likeness (QED) is 0.459. The lowest BCUT2D eigenvalue weighted by Crippen LogP contribution is -2.43. The molecule has 0 saturated carbocycles. The van der Waals surface area contributed by atoms with Crippen LogP contribution in [0.3, 0.4) is 0 Å². The highest BCUT2D eigenvalue weighted by atomic mass is 127. The standard InChI is InChI=1S/C10H24N4.HI/c1-10(2,8-14(5)6)7-13-9(11-3)12-4;/h7-8H2,1-6H3,(H2,11,12,13);1H. The average molecular weight is 328 g/mol. The summed E-state index contributed by atoms with van der Waals surface area (Å²) in [7, 11) is 7.83. The van der Waals surface area contributed by atoms with Crippen molar-refractivity contribution in [2.75, 3.05) is 41.3 Å². The molecule has 15 heavy (non-hydrogen) atoms. The Morgan fingerprint density at radius 2 is 1.87 bits per heavy atom. The van der Waals surface area contributed by atoms with E-state index >= 15 is 0 Å². The molecule has 0 amide bonds. The fourth-order valence-corrected chi connectivity index (χ4v) is 1.51. The van der Waals surface area contributed by atoms with E-state index in [1.165, 1.54) is 0 Å². The minimum atomic E-state index is 0. The van der Waals surface area contributed by atoms with Crippen molar-refractivity contribution in [3.63, 3.8) is 0 Å². The first kappa shape index (κ1) is 17.4. The molecule has 0 aromatic rings. The zero-order chi connectivity index (χ0) is 11.2. The Bertz CT molecular complexity index is 190. The van der Waals surface area contributed by atoms with Gasteiger partial charge < -0.3 is 15.5 Å². The topological polar surface area (TPSA) is 39.7 Å². The maximum atomic E-state index is 4.07. The number of hydrogen-bond acceptors (Lipinski definition) is 2. The molecule has 0 aliphatic carbocycles. The van der Waals surface area contributed by atoms with Crippen LogP contribution in [0.15, 0.2) is 4.99 Å². The summed E-state index contributed by atoms with van der Waals surface area (Å²) in [5, 5.41) is 6.28. The van der Waals surface area contributed by atoms with Crippen molar-refractivity contribution in [1.29, 1.82) is 0 Å². The molecule has 0 bridgehead atoms. The van der Waals surface area contributed by atoms with Crippen molar-refractivity contribution < 1.29 is 0 Å². The largest absolute Gasteiger partial charge is 0.359 e. The maximum Gasteiger partial charge on any atom is 0.190 e. The molecule has 0 spiro atoms. The Labute approximate surface area is 111 Å². The Kier molecular flexibility index (Phi) is 9.43. The molecule has 4 nitrogen and oxygen atoms in total. The van der Waals surface area contributed by atoms with Crippen molar-refractivity contribution in [2.45, 2.75) is 13.8 Å². The first-order valence-corrected chi connectivity index (χ1v) is 4.94. The molecule has 0 aromatic carbocycles. The van der Waals surface area contributed by atoms with E-state index in [2.05, 4.69) is 48.5 Å². The van der Waals surface area contributed by atoms with Gasteiger partial charge >= 0.3 is 0 Å². The third kappa shape index (κ3) is 8.92. The lowest BCUT2D eigenvalue weighted by molar-refractivity contribution is 0.241. The second-order valence-electron chi connectivity index (χ2n) is 4.58. The number of halogens is 1. The number of nitrogens with zero attached hydrogens (tertiary/aromatic N) is 2. The van der Waals surface area contributed by atoms with Crippen LogP contribution >= 0.6 is 24.0 Å². The Morgan fingerprint density at radius 1 is 1.33 bits per heavy atom. The normalized spacial score (nSPS) is 12.3. The van der Waals surface area contributed by atoms with Gasteiger partial charge in [0.1, 0.15) is 0 Å². The van der Waals surface area contributed by atoms with Crippen LogP contribution in [-0.4, -0.2) is 52.1 Å². The van der Waals surface area contributed by atoms with E-state index in [-0.39, 0.29) is 29.4 Å². The van der Waals surface area contributed by atoms with Crippen LogP contribution in [0.1, 0.15) is 13.8 Å². The lowest BCUT2D eigenvalue weighted by atomic mass is 9.93. The molecule has 92 valence electrons. The van der Waals surface area contributed by atoms with Gasteiger partial charge in [-0.1, -0.05) is 13.8 Å². The van der Waals surface area contributed by atoms with Gasteiger partial charge in [-0.25, -0.2) is 0 Å². The third-order valence-electron chi connectivity index (χ3n) is 1.94. The summed E-state index contributed by atoms with van der Waals surface area (Å²) in [4.78, 5) is 6.27. The predicted octanol–water partition coefficient (Wildman–Crippen LogP) is 0.987. The van der Waals surface area contributed by atoms with Crippen molar-refractivity contribution in [2.24, 2.45) is 10.4 Å². The summed E-state index contributed by atoms with van der Waals surface area (Å²) in [6.07, 6.45) is 0. The zero-order valence-corrected chi connectivity index (χ0v) is 13.0. The number of nitrogens with one attached hydrogen (secondary N) is 2. The van der Waals surface area contributed by atoms with E-state index in [9.17, 15) is 0 Å². The number of hydrogen-bond donors (Lipinski definition) is 2. The molecule has 0 aliphatic rings. The highest BCUT2D eigenvalue weighted by Crippen LogP contribution is 2.13. The fourth-order valence-electron chi connectivity index (χ4n) is 1.51. The van der Waals surface area contributed by atoms with Crippen LogP contribution < -0.4 is 10.6 Å². The molecular formula is C10H25IN4. The van der Waals surface area contributed by atoms with Gasteiger partial charge in [0.05, 0.1) is 0 Å². The van der Waals surface area contributed by atoms with Crippen molar-refractivity contribution in [3.05, 3.63) is 0 Å². The van der Waals surface area contributed by atoms with E-state index in [1.807, 2.05) is 7.05 Å². The van der Waals surface area contributed by atoms with Crippen molar-refractivity contribution in [1.82, 2.24) is 15.5 Å². The SMILES string of the molecule is CN=C(NC)NCC(C)(C)CN(C)C.I. The fraction of sp³-hybridized carbons (Fsp3) is 0.900. The predicted molar refractivity (Wildman–Crippen MR) is 78.2 cm³/mol. The van der Waals surface area contributed by atoms with E-state index in [4.69, 9.17) is 0 Å². The van der Waals surface area contributed by atoms with Crippen LogP contribution in [0.25, 0.3) is 0 Å². The second-order valence-corrected chi connectivity index (χ2v) is 4.58. The van der Waals surface area contributed by atoms with Crippen molar-refractivity contribution in [3.8, 4) is 0 Å². The monoisotopic (exact) mass is 328 g/mol. The molecule has 0 radical (unpaired) electrons. The smallest absolute Gasteiger partial charge is 0.190 e. The average Bonchev–Trinajstić information content (AvgIpc) is 2.03. The summed E-state index contributed by atoms with van der Waals surface area (Å²) in [6, 6.07) is 0. The minimum absolute atomic E-state index is 0. The van der Waals surface area contributed by atoms with Gasteiger partial charge in [-0.2, -0.15) is 0 Å². The Morgan fingerprint density at radius 3 is 2.20 bits per heavy atom. The Hall–Kier alpha value is -0.0400. The summed E-state index contributed by atoms with van der Waals surface area (Å²) in [5.41, 5.74) is 0.246. The van der Waals surface area contributed by atoms with Gasteiger partial charge in [-0.15, -0.1) is 24.0 Å². The summed E-state index contributed by atoms with van der Waals surface area (Å²) in [5.74, 6) is 0.844. The molecule has 0 saturated heterocycles. The van der Waals surface area contributed by atoms with Crippen molar-refractivity contribution >= 4 is 29.9 Å². The van der Waals surface area contributed by atoms with Gasteiger partial charge in [0.15, 0.2) is 5.96 Å². The van der Waals surface area contributed by atoms with Crippen LogP contribution in [0.2, 0.25) is 0 Å². The molecule has 2 N–H and O–H groups in total. The number of aliphatic imine (C=N–C) groups is 1. The van der Waals surface area contributed by atoms with E-state index in [0.717, 1.165) is 19.0 Å². The van der Waals surface area contributed by atoms with Gasteiger partial charge in [0.2, 0.25) is 0 Å². The van der Waals surface area contributed by atoms with E-state index in [0.29, 0.717) is 0 Å². The van der Waals surface area contributed by atoms with Gasteiger partial charge in [-0.3, -0.25) is 4.99 Å². The first-order chi connectivity index (χ1) is 6.41. The Balaban J connectivity index is 0. The minimum Gasteiger partial charge on any atom is -0.359 e. The lowest BCUT2D eigenvalue weighted by Gasteiger charge is -2.28. The molecule has 0 unspecified atom stereocenters. The summed E-state index contributed by atoms with van der Waals surface area (Å²) >= 11 is 0. The second kappa shape index (κ2) is 8.15. The van der Waals surface area contributed by atoms with Crippen LogP contribution in [0.5, 0.6) is 0 Å². The zero-order valence-electron chi connectivity index (χ0n) is 10.7. The van der Waals surface area contributed by atoms with E-state index in [1.54, 1.807) is 7.05 Å². The molecule has 5 heteroatoms. The van der Waals surface area contributed by atoms with Gasteiger partial charge in [0.25, 0.3) is 0 Å². The maximum absolute atomic E-state index is 4.07. The molecule has 0 fully saturated rings. The summed E-state index contributed by atoms with van der Waals surface area (Å²) in [6.45, 7) is 6.45. The number of rotatable bonds is 4. The molecule has 0 rings (SSSR count). The molecule has 0 heterocycles. The van der Waals surface area contributed by atoms with Crippen LogP contribution in [0, 0.1) is 5.41 Å². The molecule has 0 aromatic heterocycles. The highest BCUT2D eigenvalue weighted by molar-refractivity contribution is 14.0. The summed E-state index contributed by atoms with van der Waals surface area (Å²) < 4.78 is 0. The van der Waals surface area contributed by atoms with Crippen LogP contribution in [-0.2, 0) is 0 Å². The first-order valence-electron chi connectivity index (χ1n) is 4.94. The van der Waals surface area contributed by atoms with Gasteiger partial charge in [-0.05, 0) is 19.5 Å². The van der Waals surface area contributed by atoms with E-state index < -0.39 is 0 Å². The van der Waals surface area contributed by atoms with Crippen LogP contribution in [0.4, 0.5) is 0 Å². The molecule has 0 aliphatic heterocycles. The van der Waals surface area contributed by atoms with Gasteiger partial charge in [0, 0.05) is 27.2 Å². The number of guanidine groups is 1. The third-order valence-corrected chi connectivity index (χ3v) is 1.94. The molecular weight excluding hydrogens is 303 g/mol. The highest BCUT2D eigenvalue weighted by Gasteiger charge is 2.18.